The van der Waals surface area contributed by atoms with Crippen LogP contribution in [-0.4, -0.2) is 56.5 Å². The summed E-state index contributed by atoms with van der Waals surface area (Å²) in [5.74, 6) is 0.424. The number of piperidine rings is 1. The fourth-order valence-corrected chi connectivity index (χ4v) is 5.28. The Morgan fingerprint density at radius 3 is 2.42 bits per heavy atom. The van der Waals surface area contributed by atoms with Gasteiger partial charge >= 0.3 is 0 Å². The number of hydrogen-bond acceptors (Lipinski definition) is 7. The number of sulfonamides is 1. The Hall–Kier alpha value is -1.91. The standard InChI is InChI=1S/C16H23N3O6S/c1-2-7-18(12-3-5-17-6-4-12)26(22,23)16-11-15-14(24-8-9-25-15)10-13(16)19(20)21/h10-12,17H,2-9H2,1H3. The minimum atomic E-state index is -4.04. The highest BCUT2D eigenvalue weighted by molar-refractivity contribution is 7.89. The predicted molar refractivity (Wildman–Crippen MR) is 94.2 cm³/mol. The molecule has 1 N–H and O–H groups in total. The summed E-state index contributed by atoms with van der Waals surface area (Å²) in [6.45, 7) is 4.21. The molecule has 10 heteroatoms. The smallest absolute Gasteiger partial charge is 0.293 e. The number of hydrogen-bond donors (Lipinski definition) is 1. The fourth-order valence-electron chi connectivity index (χ4n) is 3.35. The number of fused-ring (bicyclic) bond motifs is 1. The molecule has 0 aliphatic carbocycles. The fraction of sp³-hybridized carbons (Fsp3) is 0.625. The number of nitro groups is 1. The molecular weight excluding hydrogens is 362 g/mol. The maximum absolute atomic E-state index is 13.3. The van der Waals surface area contributed by atoms with Gasteiger partial charge in [0.25, 0.3) is 5.69 Å². The van der Waals surface area contributed by atoms with E-state index in [-0.39, 0.29) is 35.7 Å². The summed E-state index contributed by atoms with van der Waals surface area (Å²) in [5.41, 5.74) is -0.482. The molecule has 1 aromatic carbocycles. The van der Waals surface area contributed by atoms with Gasteiger partial charge < -0.3 is 14.8 Å². The molecule has 3 rings (SSSR count). The molecule has 0 bridgehead atoms. The molecule has 0 amide bonds. The van der Waals surface area contributed by atoms with Crippen LogP contribution in [0, 0.1) is 10.1 Å². The van der Waals surface area contributed by atoms with Crippen LogP contribution >= 0.6 is 0 Å². The second-order valence-corrected chi connectivity index (χ2v) is 8.18. The van der Waals surface area contributed by atoms with Crippen LogP contribution in [0.15, 0.2) is 17.0 Å². The van der Waals surface area contributed by atoms with Crippen molar-refractivity contribution in [2.45, 2.75) is 37.1 Å². The molecule has 1 fully saturated rings. The lowest BCUT2D eigenvalue weighted by atomic mass is 10.1. The van der Waals surface area contributed by atoms with Gasteiger partial charge in [-0.25, -0.2) is 8.42 Å². The van der Waals surface area contributed by atoms with Crippen molar-refractivity contribution >= 4 is 15.7 Å². The maximum atomic E-state index is 13.3. The zero-order valence-corrected chi connectivity index (χ0v) is 15.5. The summed E-state index contributed by atoms with van der Waals surface area (Å²) in [6.07, 6.45) is 1.98. The number of nitrogens with zero attached hydrogens (tertiary/aromatic N) is 2. The summed E-state index contributed by atoms with van der Waals surface area (Å²) in [5, 5.41) is 14.7. The van der Waals surface area contributed by atoms with Gasteiger partial charge in [-0.1, -0.05) is 6.92 Å². The van der Waals surface area contributed by atoms with Gasteiger partial charge in [0.15, 0.2) is 16.4 Å². The van der Waals surface area contributed by atoms with Crippen molar-refractivity contribution in [2.24, 2.45) is 0 Å². The first-order valence-electron chi connectivity index (χ1n) is 8.75. The van der Waals surface area contributed by atoms with Gasteiger partial charge in [-0.2, -0.15) is 4.31 Å². The third kappa shape index (κ3) is 3.62. The van der Waals surface area contributed by atoms with Gasteiger partial charge in [0.1, 0.15) is 13.2 Å². The van der Waals surface area contributed by atoms with Crippen LogP contribution in [0.5, 0.6) is 11.5 Å². The maximum Gasteiger partial charge on any atom is 0.293 e. The van der Waals surface area contributed by atoms with Crippen LogP contribution in [-0.2, 0) is 10.0 Å². The zero-order valence-electron chi connectivity index (χ0n) is 14.6. The summed E-state index contributed by atoms with van der Waals surface area (Å²) >= 11 is 0. The van der Waals surface area contributed by atoms with Crippen LogP contribution in [0.1, 0.15) is 26.2 Å². The molecule has 0 aromatic heterocycles. The average molecular weight is 385 g/mol. The molecule has 2 aliphatic rings. The van der Waals surface area contributed by atoms with Gasteiger partial charge in [-0.3, -0.25) is 10.1 Å². The molecule has 0 saturated carbocycles. The quantitative estimate of drug-likeness (QED) is 0.584. The number of nitro benzene ring substituents is 1. The normalized spacial score (nSPS) is 18.1. The van der Waals surface area contributed by atoms with Crippen LogP contribution in [0.3, 0.4) is 0 Å². The molecule has 0 atom stereocenters. The number of ether oxygens (including phenoxy) is 2. The summed E-state index contributed by atoms with van der Waals surface area (Å²) in [6, 6.07) is 2.20. The first kappa shape index (κ1) is 18.9. The minimum Gasteiger partial charge on any atom is -0.486 e. The van der Waals surface area contributed by atoms with Crippen molar-refractivity contribution in [3.63, 3.8) is 0 Å². The lowest BCUT2D eigenvalue weighted by molar-refractivity contribution is -0.388. The van der Waals surface area contributed by atoms with Crippen LogP contribution in [0.25, 0.3) is 0 Å². The second kappa shape index (κ2) is 7.77. The number of nitrogens with one attached hydrogen (secondary N) is 1. The van der Waals surface area contributed by atoms with Gasteiger partial charge in [0.05, 0.1) is 11.0 Å². The van der Waals surface area contributed by atoms with E-state index in [4.69, 9.17) is 9.47 Å². The molecule has 9 nitrogen and oxygen atoms in total. The van der Waals surface area contributed by atoms with Crippen LogP contribution < -0.4 is 14.8 Å². The SMILES string of the molecule is CCCN(C1CCNCC1)S(=O)(=O)c1cc2c(cc1[N+](=O)[O-])OCCO2. The van der Waals surface area contributed by atoms with E-state index >= 15 is 0 Å². The highest BCUT2D eigenvalue weighted by Crippen LogP contribution is 2.40. The first-order chi connectivity index (χ1) is 12.4. The molecule has 144 valence electrons. The van der Waals surface area contributed by atoms with E-state index in [9.17, 15) is 18.5 Å². The molecule has 1 aromatic rings. The Morgan fingerprint density at radius 1 is 1.23 bits per heavy atom. The van der Waals surface area contributed by atoms with E-state index in [1.807, 2.05) is 6.92 Å². The van der Waals surface area contributed by atoms with Crippen molar-refractivity contribution in [1.82, 2.24) is 9.62 Å². The summed E-state index contributed by atoms with van der Waals surface area (Å²) in [4.78, 5) is 10.5. The highest BCUT2D eigenvalue weighted by atomic mass is 32.2. The molecule has 26 heavy (non-hydrogen) atoms. The molecular formula is C16H23N3O6S. The molecule has 0 radical (unpaired) electrons. The summed E-state index contributed by atoms with van der Waals surface area (Å²) in [7, 11) is -4.04. The van der Waals surface area contributed by atoms with Gasteiger partial charge in [-0.15, -0.1) is 0 Å². The van der Waals surface area contributed by atoms with Crippen molar-refractivity contribution < 1.29 is 22.8 Å². The Bertz CT molecular complexity index is 776. The predicted octanol–water partition coefficient (Wildman–Crippen LogP) is 1.52. The van der Waals surface area contributed by atoms with Crippen molar-refractivity contribution in [3.05, 3.63) is 22.2 Å². The monoisotopic (exact) mass is 385 g/mol. The first-order valence-corrected chi connectivity index (χ1v) is 10.2. The second-order valence-electron chi connectivity index (χ2n) is 6.32. The number of benzene rings is 1. The Morgan fingerprint density at radius 2 is 1.85 bits per heavy atom. The van der Waals surface area contributed by atoms with E-state index in [0.717, 1.165) is 19.2 Å². The molecule has 1 saturated heterocycles. The Kier molecular flexibility index (Phi) is 5.64. The van der Waals surface area contributed by atoms with Gasteiger partial charge in [-0.05, 0) is 32.4 Å². The van der Waals surface area contributed by atoms with Crippen molar-refractivity contribution in [2.75, 3.05) is 32.8 Å². The lowest BCUT2D eigenvalue weighted by Crippen LogP contribution is -2.46. The third-order valence-corrected chi connectivity index (χ3v) is 6.55. The Labute approximate surface area is 152 Å². The largest absolute Gasteiger partial charge is 0.486 e. The van der Waals surface area contributed by atoms with E-state index in [1.165, 1.54) is 10.4 Å². The number of rotatable bonds is 6. The topological polar surface area (TPSA) is 111 Å². The van der Waals surface area contributed by atoms with Gasteiger partial charge in [0, 0.05) is 18.7 Å². The minimum absolute atomic E-state index is 0.172. The average Bonchev–Trinajstić information content (AvgIpc) is 2.65. The van der Waals surface area contributed by atoms with Crippen molar-refractivity contribution in [3.8, 4) is 11.5 Å². The molecule has 2 aliphatic heterocycles. The van der Waals surface area contributed by atoms with Crippen LogP contribution in [0.4, 0.5) is 5.69 Å². The molecule has 0 spiro atoms. The van der Waals surface area contributed by atoms with Gasteiger partial charge in [0.2, 0.25) is 10.0 Å². The lowest BCUT2D eigenvalue weighted by Gasteiger charge is -2.33. The zero-order chi connectivity index (χ0) is 18.7. The summed E-state index contributed by atoms with van der Waals surface area (Å²) < 4.78 is 38.9. The molecule has 0 unspecified atom stereocenters. The highest BCUT2D eigenvalue weighted by Gasteiger charge is 2.37. The molecule has 2 heterocycles. The van der Waals surface area contributed by atoms with E-state index < -0.39 is 20.6 Å². The van der Waals surface area contributed by atoms with Crippen molar-refractivity contribution in [1.29, 1.82) is 0 Å². The van der Waals surface area contributed by atoms with Crippen LogP contribution in [0.2, 0.25) is 0 Å². The third-order valence-electron chi connectivity index (χ3n) is 4.57. The van der Waals surface area contributed by atoms with E-state index in [1.54, 1.807) is 0 Å². The van der Waals surface area contributed by atoms with E-state index in [0.29, 0.717) is 25.8 Å². The van der Waals surface area contributed by atoms with E-state index in [2.05, 4.69) is 5.32 Å². The Balaban J connectivity index is 2.07.